The zero-order valence-corrected chi connectivity index (χ0v) is 16.4. The van der Waals surface area contributed by atoms with Gasteiger partial charge in [-0.05, 0) is 59.2 Å². The van der Waals surface area contributed by atoms with Gasteiger partial charge >= 0.3 is 0 Å². The molecule has 2 rings (SSSR count). The van der Waals surface area contributed by atoms with E-state index < -0.39 is 21.3 Å². The highest BCUT2D eigenvalue weighted by atomic mass is 32.2. The van der Waals surface area contributed by atoms with Crippen molar-refractivity contribution in [2.75, 3.05) is 0 Å². The summed E-state index contributed by atoms with van der Waals surface area (Å²) in [5.74, 6) is 0.394. The van der Waals surface area contributed by atoms with E-state index in [9.17, 15) is 9.00 Å². The summed E-state index contributed by atoms with van der Waals surface area (Å²) in [6.45, 7) is 11.0. The first-order valence-electron chi connectivity index (χ1n) is 8.11. The standard InChI is InChI=1S/C18H25N3O3S/c1-12-16(13(2)24-20-12)15(22)11-18(6,14-7-9-19-10-8-14)21-25(23)17(3,4)5/h7-10,21H,11H2,1-6H3/t18-,25?/m0/s1. The molecule has 0 aliphatic carbocycles. The quantitative estimate of drug-likeness (QED) is 0.797. The van der Waals surface area contributed by atoms with Gasteiger partial charge in [0.2, 0.25) is 0 Å². The number of hydrogen-bond donors (Lipinski definition) is 1. The van der Waals surface area contributed by atoms with Crippen molar-refractivity contribution in [3.8, 4) is 0 Å². The second-order valence-corrected chi connectivity index (χ2v) is 9.32. The molecule has 2 aromatic heterocycles. The molecule has 0 saturated heterocycles. The van der Waals surface area contributed by atoms with Crippen molar-refractivity contribution in [2.45, 2.75) is 58.2 Å². The van der Waals surface area contributed by atoms with Crippen LogP contribution in [0, 0.1) is 13.8 Å². The molecule has 0 aromatic carbocycles. The third kappa shape index (κ3) is 4.41. The summed E-state index contributed by atoms with van der Waals surface area (Å²) in [6, 6.07) is 3.65. The lowest BCUT2D eigenvalue weighted by molar-refractivity contribution is 0.0948. The van der Waals surface area contributed by atoms with E-state index in [-0.39, 0.29) is 12.2 Å². The van der Waals surface area contributed by atoms with Crippen LogP contribution in [-0.4, -0.2) is 24.9 Å². The van der Waals surface area contributed by atoms with Gasteiger partial charge < -0.3 is 4.52 Å². The van der Waals surface area contributed by atoms with Gasteiger partial charge in [-0.25, -0.2) is 8.93 Å². The number of carbonyl (C=O) groups excluding carboxylic acids is 1. The second kappa shape index (κ2) is 7.17. The van der Waals surface area contributed by atoms with Gasteiger partial charge in [-0.2, -0.15) is 0 Å². The first-order valence-corrected chi connectivity index (χ1v) is 9.26. The summed E-state index contributed by atoms with van der Waals surface area (Å²) in [4.78, 5) is 16.9. The van der Waals surface area contributed by atoms with E-state index in [1.54, 1.807) is 26.2 Å². The van der Waals surface area contributed by atoms with Crippen molar-refractivity contribution >= 4 is 16.8 Å². The molecule has 2 heterocycles. The molecule has 0 fully saturated rings. The van der Waals surface area contributed by atoms with Crippen LogP contribution in [0.2, 0.25) is 0 Å². The summed E-state index contributed by atoms with van der Waals surface area (Å²) in [7, 11) is -1.34. The lowest BCUT2D eigenvalue weighted by Gasteiger charge is -2.33. The molecule has 0 aliphatic heterocycles. The van der Waals surface area contributed by atoms with E-state index in [0.29, 0.717) is 17.0 Å². The topological polar surface area (TPSA) is 85.1 Å². The maximum Gasteiger partial charge on any atom is 0.170 e. The maximum absolute atomic E-state index is 12.9. The predicted octanol–water partition coefficient (Wildman–Crippen LogP) is 3.23. The lowest BCUT2D eigenvalue weighted by atomic mass is 9.86. The monoisotopic (exact) mass is 363 g/mol. The van der Waals surface area contributed by atoms with Crippen LogP contribution in [-0.2, 0) is 16.5 Å². The third-order valence-electron chi connectivity index (χ3n) is 4.02. The fourth-order valence-electron chi connectivity index (χ4n) is 2.57. The SMILES string of the molecule is Cc1noc(C)c1C(=O)C[C@](C)(NS(=O)C(C)(C)C)c1ccncc1. The van der Waals surface area contributed by atoms with Crippen LogP contribution < -0.4 is 4.72 Å². The zero-order valence-electron chi connectivity index (χ0n) is 15.5. The minimum Gasteiger partial charge on any atom is -0.361 e. The van der Waals surface area contributed by atoms with Gasteiger partial charge in [0.05, 0.1) is 32.5 Å². The molecule has 136 valence electrons. The largest absolute Gasteiger partial charge is 0.361 e. The molecule has 2 atom stereocenters. The summed E-state index contributed by atoms with van der Waals surface area (Å²) < 4.78 is 20.5. The molecule has 0 saturated carbocycles. The molecule has 7 heteroatoms. The summed E-state index contributed by atoms with van der Waals surface area (Å²) >= 11 is 0. The Hall–Kier alpha value is -1.86. The Labute approximate surface area is 151 Å². The number of nitrogens with zero attached hydrogens (tertiary/aromatic N) is 2. The van der Waals surface area contributed by atoms with Crippen LogP contribution in [0.4, 0.5) is 0 Å². The smallest absolute Gasteiger partial charge is 0.170 e. The van der Waals surface area contributed by atoms with Gasteiger partial charge in [-0.15, -0.1) is 0 Å². The van der Waals surface area contributed by atoms with Crippen LogP contribution in [0.5, 0.6) is 0 Å². The Balaban J connectivity index is 2.39. The minimum atomic E-state index is -1.34. The van der Waals surface area contributed by atoms with Crippen LogP contribution in [0.3, 0.4) is 0 Å². The van der Waals surface area contributed by atoms with Crippen LogP contribution in [0.25, 0.3) is 0 Å². The van der Waals surface area contributed by atoms with Gasteiger partial charge in [0, 0.05) is 18.8 Å². The molecule has 0 spiro atoms. The predicted molar refractivity (Wildman–Crippen MR) is 97.5 cm³/mol. The zero-order chi connectivity index (χ0) is 18.8. The Morgan fingerprint density at radius 1 is 1.20 bits per heavy atom. The van der Waals surface area contributed by atoms with Crippen LogP contribution >= 0.6 is 0 Å². The molecule has 0 aliphatic rings. The molecule has 0 radical (unpaired) electrons. The number of ketones is 1. The average molecular weight is 363 g/mol. The van der Waals surface area contributed by atoms with E-state index in [0.717, 1.165) is 5.56 Å². The summed E-state index contributed by atoms with van der Waals surface area (Å²) in [6.07, 6.45) is 3.45. The summed E-state index contributed by atoms with van der Waals surface area (Å²) in [5.41, 5.74) is 1.09. The van der Waals surface area contributed by atoms with Crippen molar-refractivity contribution < 1.29 is 13.5 Å². The second-order valence-electron chi connectivity index (χ2n) is 7.35. The number of aromatic nitrogens is 2. The maximum atomic E-state index is 12.9. The fourth-order valence-corrected chi connectivity index (χ4v) is 3.47. The number of hydrogen-bond acceptors (Lipinski definition) is 5. The highest BCUT2D eigenvalue weighted by molar-refractivity contribution is 7.84. The van der Waals surface area contributed by atoms with Gasteiger partial charge in [-0.1, -0.05) is 5.16 Å². The van der Waals surface area contributed by atoms with Gasteiger partial charge in [-0.3, -0.25) is 9.78 Å². The Bertz CT molecular complexity index is 761. The Morgan fingerprint density at radius 2 is 1.80 bits per heavy atom. The highest BCUT2D eigenvalue weighted by Gasteiger charge is 2.36. The Kier molecular flexibility index (Phi) is 5.58. The van der Waals surface area contributed by atoms with Crippen molar-refractivity contribution in [1.82, 2.24) is 14.9 Å². The molecular weight excluding hydrogens is 338 g/mol. The molecule has 1 N–H and O–H groups in total. The molecule has 2 aromatic rings. The van der Waals surface area contributed by atoms with E-state index >= 15 is 0 Å². The normalized spacial score (nSPS) is 15.6. The van der Waals surface area contributed by atoms with Gasteiger partial charge in [0.25, 0.3) is 0 Å². The highest BCUT2D eigenvalue weighted by Crippen LogP contribution is 2.29. The molecule has 1 unspecified atom stereocenters. The van der Waals surface area contributed by atoms with Crippen LogP contribution in [0.15, 0.2) is 29.0 Å². The van der Waals surface area contributed by atoms with Gasteiger partial charge in [0.15, 0.2) is 5.78 Å². The van der Waals surface area contributed by atoms with E-state index in [4.69, 9.17) is 4.52 Å². The average Bonchev–Trinajstić information content (AvgIpc) is 2.86. The number of aryl methyl sites for hydroxylation is 2. The lowest BCUT2D eigenvalue weighted by Crippen LogP contribution is -2.47. The molecule has 25 heavy (non-hydrogen) atoms. The molecule has 0 bridgehead atoms. The number of rotatable bonds is 6. The van der Waals surface area contributed by atoms with E-state index in [1.807, 2.05) is 39.8 Å². The molecule has 6 nitrogen and oxygen atoms in total. The van der Waals surface area contributed by atoms with E-state index in [2.05, 4.69) is 14.9 Å². The van der Waals surface area contributed by atoms with Crippen molar-refractivity contribution in [3.63, 3.8) is 0 Å². The minimum absolute atomic E-state index is 0.103. The van der Waals surface area contributed by atoms with Crippen molar-refractivity contribution in [2.24, 2.45) is 0 Å². The number of Topliss-reactive ketones (excluding diaryl/α,β-unsaturated/α-hetero) is 1. The van der Waals surface area contributed by atoms with Crippen molar-refractivity contribution in [1.29, 1.82) is 0 Å². The third-order valence-corrected chi connectivity index (χ3v) is 5.77. The number of nitrogens with one attached hydrogen (secondary N) is 1. The Morgan fingerprint density at radius 3 is 2.28 bits per heavy atom. The first kappa shape index (κ1) is 19.5. The van der Waals surface area contributed by atoms with Gasteiger partial charge in [0.1, 0.15) is 5.76 Å². The molecule has 0 amide bonds. The summed E-state index contributed by atoms with van der Waals surface area (Å²) in [5, 5.41) is 3.85. The molecular formula is C18H25N3O3S. The first-order chi connectivity index (χ1) is 11.5. The number of carbonyl (C=O) groups is 1. The van der Waals surface area contributed by atoms with Crippen molar-refractivity contribution in [3.05, 3.63) is 47.1 Å². The fraction of sp³-hybridized carbons (Fsp3) is 0.500. The number of pyridine rings is 1. The van der Waals surface area contributed by atoms with Crippen LogP contribution in [0.1, 0.15) is 61.5 Å². The van der Waals surface area contributed by atoms with E-state index in [1.165, 1.54) is 0 Å².